The van der Waals surface area contributed by atoms with Gasteiger partial charge in [0.15, 0.2) is 0 Å². The van der Waals surface area contributed by atoms with Crippen LogP contribution >= 0.6 is 0 Å². The Balaban J connectivity index is 2.16. The van der Waals surface area contributed by atoms with Crippen LogP contribution in [0.1, 0.15) is 32.3 Å². The monoisotopic (exact) mass is 304 g/mol. The van der Waals surface area contributed by atoms with Crippen LogP contribution in [-0.4, -0.2) is 31.7 Å². The Hall–Kier alpha value is -2.04. The van der Waals surface area contributed by atoms with E-state index in [-0.39, 0.29) is 11.9 Å². The van der Waals surface area contributed by atoms with Gasteiger partial charge in [-0.3, -0.25) is 4.90 Å². The van der Waals surface area contributed by atoms with Gasteiger partial charge in [0.2, 0.25) is 0 Å². The number of hydrogen-bond acceptors (Lipinski definition) is 3. The zero-order chi connectivity index (χ0) is 16.1. The van der Waals surface area contributed by atoms with Gasteiger partial charge in [-0.2, -0.15) is 0 Å². The fourth-order valence-corrected chi connectivity index (χ4v) is 2.75. The molecular formula is C17H24N2O3. The zero-order valence-electron chi connectivity index (χ0n) is 13.5. The zero-order valence-corrected chi connectivity index (χ0v) is 13.5. The Morgan fingerprint density at radius 2 is 2.09 bits per heavy atom. The van der Waals surface area contributed by atoms with Gasteiger partial charge >= 0.3 is 12.0 Å². The van der Waals surface area contributed by atoms with Crippen molar-refractivity contribution in [2.45, 2.75) is 39.2 Å². The number of esters is 1. The maximum absolute atomic E-state index is 12.6. The van der Waals surface area contributed by atoms with Gasteiger partial charge in [0.05, 0.1) is 7.11 Å². The van der Waals surface area contributed by atoms with Crippen LogP contribution < -0.4 is 10.2 Å². The molecule has 2 amide bonds. The summed E-state index contributed by atoms with van der Waals surface area (Å²) in [5.74, 6) is -0.371. The standard InChI is InChI=1S/C17H24N2O3/c1-4-12(2)15(16(20)22-3)18-17(21)19-11-7-9-13-8-5-6-10-14(13)19/h5-6,8,10,12,15H,4,7,9,11H2,1-3H3,(H,18,21)/t12-,15-/m1/s1. The smallest absolute Gasteiger partial charge is 0.328 e. The van der Waals surface area contributed by atoms with Crippen LogP contribution in [0.4, 0.5) is 10.5 Å². The molecule has 2 rings (SSSR count). The number of urea groups is 1. The Labute approximate surface area is 131 Å². The van der Waals surface area contributed by atoms with Gasteiger partial charge in [0.1, 0.15) is 6.04 Å². The molecule has 0 saturated heterocycles. The highest BCUT2D eigenvalue weighted by atomic mass is 16.5. The van der Waals surface area contributed by atoms with Crippen LogP contribution in [0.5, 0.6) is 0 Å². The van der Waals surface area contributed by atoms with Crippen LogP contribution in [0.2, 0.25) is 0 Å². The third-order valence-corrected chi connectivity index (χ3v) is 4.30. The molecule has 1 heterocycles. The van der Waals surface area contributed by atoms with E-state index in [1.54, 1.807) is 4.90 Å². The first kappa shape index (κ1) is 16.3. The first-order chi connectivity index (χ1) is 10.6. The molecule has 120 valence electrons. The minimum atomic E-state index is -0.614. The average molecular weight is 304 g/mol. The van der Waals surface area contributed by atoms with Crippen LogP contribution in [-0.2, 0) is 16.0 Å². The Bertz CT molecular complexity index is 544. The highest BCUT2D eigenvalue weighted by molar-refractivity contribution is 5.95. The number of carbonyl (C=O) groups is 2. The Morgan fingerprint density at radius 3 is 2.77 bits per heavy atom. The summed E-state index contributed by atoms with van der Waals surface area (Å²) in [6.07, 6.45) is 2.69. The SMILES string of the molecule is CC[C@@H](C)[C@@H](NC(=O)N1CCCc2ccccc21)C(=O)OC. The van der Waals surface area contributed by atoms with E-state index in [1.165, 1.54) is 12.7 Å². The fraction of sp³-hybridized carbons (Fsp3) is 0.529. The number of nitrogens with one attached hydrogen (secondary N) is 1. The van der Waals surface area contributed by atoms with Crippen LogP contribution in [0.3, 0.4) is 0 Å². The van der Waals surface area contributed by atoms with E-state index in [1.807, 2.05) is 38.1 Å². The Morgan fingerprint density at radius 1 is 1.36 bits per heavy atom. The molecule has 1 aromatic carbocycles. The number of hydrogen-bond donors (Lipinski definition) is 1. The molecule has 2 atom stereocenters. The molecule has 0 aliphatic carbocycles. The second kappa shape index (κ2) is 7.29. The van der Waals surface area contributed by atoms with Crippen LogP contribution in [0.15, 0.2) is 24.3 Å². The largest absolute Gasteiger partial charge is 0.467 e. The lowest BCUT2D eigenvalue weighted by Gasteiger charge is -2.31. The molecule has 5 nitrogen and oxygen atoms in total. The maximum atomic E-state index is 12.6. The van der Waals surface area contributed by atoms with Gasteiger partial charge in [0, 0.05) is 12.2 Å². The summed E-state index contributed by atoms with van der Waals surface area (Å²) in [7, 11) is 1.35. The molecule has 1 N–H and O–H groups in total. The number of nitrogens with zero attached hydrogens (tertiary/aromatic N) is 1. The van der Waals surface area contributed by atoms with Crippen molar-refractivity contribution in [3.8, 4) is 0 Å². The molecule has 1 aliphatic rings. The molecule has 5 heteroatoms. The number of anilines is 1. The number of carbonyl (C=O) groups excluding carboxylic acids is 2. The molecule has 22 heavy (non-hydrogen) atoms. The summed E-state index contributed by atoms with van der Waals surface area (Å²) in [4.78, 5) is 26.3. The summed E-state index contributed by atoms with van der Waals surface area (Å²) >= 11 is 0. The minimum Gasteiger partial charge on any atom is -0.467 e. The lowest BCUT2D eigenvalue weighted by Crippen LogP contribution is -2.52. The van der Waals surface area contributed by atoms with Gasteiger partial charge in [-0.05, 0) is 30.4 Å². The minimum absolute atomic E-state index is 0.0245. The average Bonchev–Trinajstić information content (AvgIpc) is 2.57. The van der Waals surface area contributed by atoms with E-state index in [9.17, 15) is 9.59 Å². The van der Waals surface area contributed by atoms with Gasteiger partial charge < -0.3 is 10.1 Å². The summed E-state index contributed by atoms with van der Waals surface area (Å²) in [5, 5.41) is 2.84. The van der Waals surface area contributed by atoms with Crippen LogP contribution in [0.25, 0.3) is 0 Å². The second-order valence-corrected chi connectivity index (χ2v) is 5.72. The van der Waals surface area contributed by atoms with E-state index < -0.39 is 12.0 Å². The maximum Gasteiger partial charge on any atom is 0.328 e. The van der Waals surface area contributed by atoms with Crippen molar-refractivity contribution in [2.24, 2.45) is 5.92 Å². The summed E-state index contributed by atoms with van der Waals surface area (Å²) in [6.45, 7) is 4.59. The lowest BCUT2D eigenvalue weighted by atomic mass is 9.99. The molecule has 1 aromatic rings. The molecule has 0 saturated carbocycles. The van der Waals surface area contributed by atoms with Crippen molar-refractivity contribution in [3.63, 3.8) is 0 Å². The van der Waals surface area contributed by atoms with Gasteiger partial charge in [0.25, 0.3) is 0 Å². The third kappa shape index (κ3) is 3.40. The number of benzene rings is 1. The van der Waals surface area contributed by atoms with Crippen molar-refractivity contribution < 1.29 is 14.3 Å². The van der Waals surface area contributed by atoms with E-state index in [0.29, 0.717) is 6.54 Å². The fourth-order valence-electron chi connectivity index (χ4n) is 2.75. The number of amides is 2. The van der Waals surface area contributed by atoms with E-state index >= 15 is 0 Å². The van der Waals surface area contributed by atoms with Crippen LogP contribution in [0, 0.1) is 5.92 Å². The van der Waals surface area contributed by atoms with Gasteiger partial charge in [-0.25, -0.2) is 9.59 Å². The molecule has 1 aliphatic heterocycles. The molecule has 0 radical (unpaired) electrons. The predicted octanol–water partition coefficient (Wildman–Crippen LogP) is 2.74. The molecule has 0 spiro atoms. The van der Waals surface area contributed by atoms with E-state index in [0.717, 1.165) is 24.9 Å². The summed E-state index contributed by atoms with van der Waals surface area (Å²) in [6, 6.07) is 7.05. The van der Waals surface area contributed by atoms with Gasteiger partial charge in [-0.1, -0.05) is 38.5 Å². The van der Waals surface area contributed by atoms with Crippen molar-refractivity contribution in [2.75, 3.05) is 18.6 Å². The van der Waals surface area contributed by atoms with E-state index in [4.69, 9.17) is 4.74 Å². The molecular weight excluding hydrogens is 280 g/mol. The molecule has 0 unspecified atom stereocenters. The highest BCUT2D eigenvalue weighted by Crippen LogP contribution is 2.26. The van der Waals surface area contributed by atoms with E-state index in [2.05, 4.69) is 5.32 Å². The van der Waals surface area contributed by atoms with Gasteiger partial charge in [-0.15, -0.1) is 0 Å². The number of para-hydroxylation sites is 1. The Kier molecular flexibility index (Phi) is 5.41. The lowest BCUT2D eigenvalue weighted by molar-refractivity contribution is -0.144. The topological polar surface area (TPSA) is 58.6 Å². The van der Waals surface area contributed by atoms with Crippen molar-refractivity contribution in [1.29, 1.82) is 0 Å². The second-order valence-electron chi connectivity index (χ2n) is 5.72. The number of methoxy groups -OCH3 is 1. The van der Waals surface area contributed by atoms with Crippen molar-refractivity contribution >= 4 is 17.7 Å². The number of ether oxygens (including phenoxy) is 1. The first-order valence-corrected chi connectivity index (χ1v) is 7.82. The predicted molar refractivity (Wildman–Crippen MR) is 85.9 cm³/mol. The van der Waals surface area contributed by atoms with Crippen molar-refractivity contribution in [1.82, 2.24) is 5.32 Å². The third-order valence-electron chi connectivity index (χ3n) is 4.30. The van der Waals surface area contributed by atoms with Crippen molar-refractivity contribution in [3.05, 3.63) is 29.8 Å². The number of rotatable bonds is 4. The number of aryl methyl sites for hydroxylation is 1. The number of fused-ring (bicyclic) bond motifs is 1. The normalized spacial score (nSPS) is 16.4. The first-order valence-electron chi connectivity index (χ1n) is 7.82. The molecule has 0 fully saturated rings. The summed E-state index contributed by atoms with van der Waals surface area (Å²) < 4.78 is 4.82. The summed E-state index contributed by atoms with van der Waals surface area (Å²) in [5.41, 5.74) is 2.10. The quantitative estimate of drug-likeness (QED) is 0.870. The highest BCUT2D eigenvalue weighted by Gasteiger charge is 2.30. The molecule has 0 aromatic heterocycles. The molecule has 0 bridgehead atoms.